The van der Waals surface area contributed by atoms with Crippen molar-refractivity contribution < 1.29 is 13.9 Å². The summed E-state index contributed by atoms with van der Waals surface area (Å²) in [6.07, 6.45) is 7.19. The van der Waals surface area contributed by atoms with Crippen LogP contribution < -0.4 is 0 Å². The van der Waals surface area contributed by atoms with Crippen LogP contribution in [0, 0.1) is 0 Å². The monoisotopic (exact) mass is 416 g/mol. The van der Waals surface area contributed by atoms with E-state index >= 15 is 0 Å². The Balaban J connectivity index is 2.47. The van der Waals surface area contributed by atoms with E-state index in [4.69, 9.17) is 4.52 Å². The van der Waals surface area contributed by atoms with Crippen molar-refractivity contribution in [3.05, 3.63) is 51.9 Å². The molecule has 0 spiro atoms. The third-order valence-electron chi connectivity index (χ3n) is 5.64. The largest absolute Gasteiger partial charge is 0.329 e. The molecule has 160 valence electrons. The Morgan fingerprint density at radius 3 is 1.86 bits per heavy atom. The third kappa shape index (κ3) is 6.03. The molecule has 1 aromatic rings. The summed E-state index contributed by atoms with van der Waals surface area (Å²) < 4.78 is 18.2. The van der Waals surface area contributed by atoms with E-state index in [0.29, 0.717) is 5.31 Å². The highest BCUT2D eigenvalue weighted by molar-refractivity contribution is 7.64. The molecule has 1 fully saturated rings. The van der Waals surface area contributed by atoms with Crippen LogP contribution in [0.5, 0.6) is 0 Å². The smallest absolute Gasteiger partial charge is 0.232 e. The summed E-state index contributed by atoms with van der Waals surface area (Å²) in [5.41, 5.74) is 4.51. The van der Waals surface area contributed by atoms with Crippen molar-refractivity contribution in [3.8, 4) is 0 Å². The lowest BCUT2D eigenvalue weighted by atomic mass is 9.79. The quantitative estimate of drug-likeness (QED) is 0.375. The van der Waals surface area contributed by atoms with Crippen LogP contribution >= 0.6 is 7.37 Å². The Labute approximate surface area is 177 Å². The number of benzene rings is 1. The van der Waals surface area contributed by atoms with Gasteiger partial charge >= 0.3 is 0 Å². The molecule has 0 radical (unpaired) electrons. The minimum atomic E-state index is -3.10. The Morgan fingerprint density at radius 2 is 1.45 bits per heavy atom. The standard InChI is InChI=1S/C25H37O3P/c1-24(2,3)20-15-18(16-21(17-20)25(4,5)6)13-14-22(26)23(29(8,27)28-7)19-11-9-10-12-19/h13-17H,9-12H2,1-8H3. The van der Waals surface area contributed by atoms with E-state index in [9.17, 15) is 9.36 Å². The molecule has 4 heteroatoms. The summed E-state index contributed by atoms with van der Waals surface area (Å²) in [5, 5.41) is 0.400. The highest BCUT2D eigenvalue weighted by atomic mass is 31.2. The molecule has 0 bridgehead atoms. The summed E-state index contributed by atoms with van der Waals surface area (Å²) >= 11 is 0. The fourth-order valence-corrected chi connectivity index (χ4v) is 5.11. The van der Waals surface area contributed by atoms with Gasteiger partial charge in [0, 0.05) is 13.8 Å². The molecule has 1 unspecified atom stereocenters. The zero-order chi connectivity index (χ0) is 22.0. The second kappa shape index (κ2) is 8.74. The number of carbonyl (C=O) groups is 1. The zero-order valence-corrected chi connectivity index (χ0v) is 20.3. The van der Waals surface area contributed by atoms with Gasteiger partial charge in [-0.3, -0.25) is 9.36 Å². The zero-order valence-electron chi connectivity index (χ0n) is 19.4. The number of ketones is 1. The maximum Gasteiger partial charge on any atom is 0.232 e. The van der Waals surface area contributed by atoms with Gasteiger partial charge in [-0.25, -0.2) is 0 Å². The van der Waals surface area contributed by atoms with Crippen LogP contribution in [0.15, 0.2) is 35.2 Å². The number of allylic oxidation sites excluding steroid dienone is 3. The third-order valence-corrected chi connectivity index (χ3v) is 7.69. The average Bonchev–Trinajstić information content (AvgIpc) is 3.12. The molecule has 1 aliphatic rings. The predicted molar refractivity (Wildman–Crippen MR) is 124 cm³/mol. The Bertz CT molecular complexity index is 836. The van der Waals surface area contributed by atoms with Gasteiger partial charge in [0.2, 0.25) is 7.37 Å². The minimum Gasteiger partial charge on any atom is -0.329 e. The second-order valence-electron chi connectivity index (χ2n) is 10.2. The van der Waals surface area contributed by atoms with E-state index in [0.717, 1.165) is 36.8 Å². The first-order chi connectivity index (χ1) is 13.3. The van der Waals surface area contributed by atoms with E-state index < -0.39 is 7.37 Å². The first kappa shape index (κ1) is 23.8. The first-order valence-corrected chi connectivity index (χ1v) is 12.6. The van der Waals surface area contributed by atoms with E-state index in [2.05, 4.69) is 59.7 Å². The van der Waals surface area contributed by atoms with Crippen LogP contribution in [0.25, 0.3) is 6.08 Å². The number of hydrogen-bond acceptors (Lipinski definition) is 3. The molecule has 0 saturated heterocycles. The van der Waals surface area contributed by atoms with Crippen LogP contribution in [0.4, 0.5) is 0 Å². The van der Waals surface area contributed by atoms with Gasteiger partial charge in [-0.2, -0.15) is 0 Å². The molecule has 2 rings (SSSR count). The van der Waals surface area contributed by atoms with Gasteiger partial charge in [-0.15, -0.1) is 0 Å². The van der Waals surface area contributed by atoms with Gasteiger partial charge in [0.25, 0.3) is 0 Å². The molecular weight excluding hydrogens is 379 g/mol. The minimum absolute atomic E-state index is 0.0139. The van der Waals surface area contributed by atoms with Gasteiger partial charge in [-0.05, 0) is 59.3 Å². The molecule has 1 saturated carbocycles. The fraction of sp³-hybridized carbons (Fsp3) is 0.560. The molecular formula is C25H37O3P. The van der Waals surface area contributed by atoms with Crippen molar-refractivity contribution in [2.24, 2.45) is 0 Å². The molecule has 3 nitrogen and oxygen atoms in total. The van der Waals surface area contributed by atoms with E-state index in [1.54, 1.807) is 12.7 Å². The van der Waals surface area contributed by atoms with E-state index in [1.165, 1.54) is 18.2 Å². The highest BCUT2D eigenvalue weighted by Crippen LogP contribution is 2.54. The van der Waals surface area contributed by atoms with Crippen molar-refractivity contribution in [2.45, 2.75) is 78.1 Å². The summed E-state index contributed by atoms with van der Waals surface area (Å²) in [5.74, 6) is -0.187. The number of carbonyl (C=O) groups excluding carboxylic acids is 1. The number of rotatable bonds is 5. The summed E-state index contributed by atoms with van der Waals surface area (Å²) in [7, 11) is -1.68. The first-order valence-electron chi connectivity index (χ1n) is 10.5. The maximum atomic E-state index is 13.1. The second-order valence-corrected chi connectivity index (χ2v) is 12.7. The normalized spacial score (nSPS) is 17.6. The van der Waals surface area contributed by atoms with Crippen LogP contribution in [0.2, 0.25) is 0 Å². The maximum absolute atomic E-state index is 13.1. The molecule has 0 aromatic heterocycles. The predicted octanol–water partition coefficient (Wildman–Crippen LogP) is 7.25. The van der Waals surface area contributed by atoms with Gasteiger partial charge in [0.15, 0.2) is 5.78 Å². The summed E-state index contributed by atoms with van der Waals surface area (Å²) in [6, 6.07) is 6.54. The highest BCUT2D eigenvalue weighted by Gasteiger charge is 2.30. The number of hydrogen-bond donors (Lipinski definition) is 0. The van der Waals surface area contributed by atoms with Crippen LogP contribution in [0.1, 0.15) is 83.9 Å². The van der Waals surface area contributed by atoms with E-state index in [1.807, 2.05) is 6.08 Å². The van der Waals surface area contributed by atoms with Crippen LogP contribution in [0.3, 0.4) is 0 Å². The van der Waals surface area contributed by atoms with Crippen molar-refractivity contribution in [2.75, 3.05) is 13.8 Å². The van der Waals surface area contributed by atoms with Gasteiger partial charge in [-0.1, -0.05) is 71.4 Å². The van der Waals surface area contributed by atoms with Crippen LogP contribution in [-0.4, -0.2) is 19.6 Å². The Hall–Kier alpha value is -1.44. The molecule has 1 aliphatic carbocycles. The molecule has 0 N–H and O–H groups in total. The molecule has 29 heavy (non-hydrogen) atoms. The van der Waals surface area contributed by atoms with Crippen molar-refractivity contribution >= 4 is 19.2 Å². The average molecular weight is 417 g/mol. The molecule has 0 aliphatic heterocycles. The summed E-state index contributed by atoms with van der Waals surface area (Å²) in [6.45, 7) is 14.7. The molecule has 0 heterocycles. The topological polar surface area (TPSA) is 43.4 Å². The lowest BCUT2D eigenvalue weighted by molar-refractivity contribution is -0.110. The van der Waals surface area contributed by atoms with Gasteiger partial charge < -0.3 is 4.52 Å². The van der Waals surface area contributed by atoms with Crippen LogP contribution in [-0.2, 0) is 24.7 Å². The lowest BCUT2D eigenvalue weighted by Gasteiger charge is -2.25. The SMILES string of the molecule is COP(C)(=O)C(C(=O)C=Cc1cc(C(C)(C)C)cc(C(C)(C)C)c1)=C1CCCC1. The van der Waals surface area contributed by atoms with Gasteiger partial charge in [0.1, 0.15) is 0 Å². The Morgan fingerprint density at radius 1 is 0.966 bits per heavy atom. The van der Waals surface area contributed by atoms with Crippen molar-refractivity contribution in [3.63, 3.8) is 0 Å². The molecule has 1 atom stereocenters. The fourth-order valence-electron chi connectivity index (χ4n) is 3.66. The van der Waals surface area contributed by atoms with Crippen molar-refractivity contribution in [1.29, 1.82) is 0 Å². The Kier molecular flexibility index (Phi) is 7.18. The summed E-state index contributed by atoms with van der Waals surface area (Å²) in [4.78, 5) is 13.1. The lowest BCUT2D eigenvalue weighted by Crippen LogP contribution is -2.16. The van der Waals surface area contributed by atoms with Crippen molar-refractivity contribution in [1.82, 2.24) is 0 Å². The van der Waals surface area contributed by atoms with E-state index in [-0.39, 0.29) is 16.6 Å². The van der Waals surface area contributed by atoms with Gasteiger partial charge in [0.05, 0.1) is 5.31 Å². The molecule has 1 aromatic carbocycles. The molecule has 0 amide bonds.